The van der Waals surface area contributed by atoms with Crippen LogP contribution in [0.2, 0.25) is 0 Å². The molecule has 0 unspecified atom stereocenters. The lowest BCUT2D eigenvalue weighted by molar-refractivity contribution is 0.564. The normalized spacial score (nSPS) is 12.5. The van der Waals surface area contributed by atoms with Crippen molar-refractivity contribution in [3.05, 3.63) is 211 Å². The fourth-order valence-corrected chi connectivity index (χ4v) is 8.77. The monoisotopic (exact) mass is 730 g/mol. The summed E-state index contributed by atoms with van der Waals surface area (Å²) in [4.78, 5) is 2.37. The molecule has 3 heteroatoms. The standard InChI is InChI=1S/C54H38N2O/c1-3-14-37(15-4-1)40-18-11-20-44(34-40)55(45-21-12-19-41(35-45)38-16-5-2-6-17-38)43-31-28-39(29-32-43)42-30-33-51-49(36-42)46-22-7-9-25-50(46)56(51)52-26-13-24-48-47-23-8-10-27-53(47)57-54(48)52/h1-12,14-25,27-36H,13,26H2. The van der Waals surface area contributed by atoms with Crippen LogP contribution in [0.25, 0.3) is 77.9 Å². The fourth-order valence-electron chi connectivity index (χ4n) is 8.77. The molecule has 11 rings (SSSR count). The SMILES string of the molecule is C1=c2c(oc3ccccc23)=C(n2c3ccccc3c3cc(-c4ccc(N(c5cccc(-c6ccccc6)c5)c5cccc(-c6ccccc6)c5)cc4)ccc32)CC1. The highest BCUT2D eigenvalue weighted by Gasteiger charge is 2.20. The summed E-state index contributed by atoms with van der Waals surface area (Å²) < 4.78 is 9.02. The molecule has 57 heavy (non-hydrogen) atoms. The molecule has 2 heterocycles. The number of para-hydroxylation sites is 2. The zero-order chi connectivity index (χ0) is 37.7. The van der Waals surface area contributed by atoms with Gasteiger partial charge in [0, 0.05) is 38.4 Å². The van der Waals surface area contributed by atoms with E-state index in [9.17, 15) is 0 Å². The summed E-state index contributed by atoms with van der Waals surface area (Å²) in [5, 5.41) is 4.88. The van der Waals surface area contributed by atoms with Crippen molar-refractivity contribution in [2.75, 3.05) is 4.90 Å². The summed E-state index contributed by atoms with van der Waals surface area (Å²) in [6.45, 7) is 0. The first-order chi connectivity index (χ1) is 28.3. The third-order valence-corrected chi connectivity index (χ3v) is 11.4. The summed E-state index contributed by atoms with van der Waals surface area (Å²) in [6, 6.07) is 72.0. The number of hydrogen-bond acceptors (Lipinski definition) is 2. The van der Waals surface area contributed by atoms with Crippen molar-refractivity contribution in [2.45, 2.75) is 12.8 Å². The lowest BCUT2D eigenvalue weighted by atomic mass is 10.0. The van der Waals surface area contributed by atoms with Crippen LogP contribution >= 0.6 is 0 Å². The van der Waals surface area contributed by atoms with Crippen LogP contribution < -0.4 is 15.5 Å². The van der Waals surface area contributed by atoms with Crippen molar-refractivity contribution in [2.24, 2.45) is 0 Å². The maximum absolute atomic E-state index is 6.58. The van der Waals surface area contributed by atoms with E-state index in [1.165, 1.54) is 71.5 Å². The predicted octanol–water partition coefficient (Wildman–Crippen LogP) is 13.2. The molecular formula is C54H38N2O. The lowest BCUT2D eigenvalue weighted by Crippen LogP contribution is -2.28. The lowest BCUT2D eigenvalue weighted by Gasteiger charge is -2.27. The highest BCUT2D eigenvalue weighted by Crippen LogP contribution is 2.40. The Balaban J connectivity index is 1.02. The highest BCUT2D eigenvalue weighted by atomic mass is 16.3. The third kappa shape index (κ3) is 5.75. The molecular weight excluding hydrogens is 693 g/mol. The summed E-state index contributed by atoms with van der Waals surface area (Å²) in [7, 11) is 0. The van der Waals surface area contributed by atoms with Crippen LogP contribution in [-0.4, -0.2) is 4.57 Å². The number of benzene rings is 8. The number of nitrogens with zero attached hydrogens (tertiary/aromatic N) is 2. The van der Waals surface area contributed by atoms with Gasteiger partial charge in [0.1, 0.15) is 5.58 Å². The Hall–Kier alpha value is -7.36. The average Bonchev–Trinajstić information content (AvgIpc) is 3.83. The second kappa shape index (κ2) is 13.7. The Morgan fingerprint density at radius 3 is 1.65 bits per heavy atom. The number of furan rings is 1. The van der Waals surface area contributed by atoms with Crippen molar-refractivity contribution in [1.82, 2.24) is 4.57 Å². The predicted molar refractivity (Wildman–Crippen MR) is 238 cm³/mol. The van der Waals surface area contributed by atoms with Gasteiger partial charge < -0.3 is 13.9 Å². The Bertz CT molecular complexity index is 3140. The van der Waals surface area contributed by atoms with E-state index in [0.29, 0.717) is 0 Å². The molecule has 1 aliphatic rings. The Kier molecular flexibility index (Phi) is 7.96. The molecule has 0 aliphatic heterocycles. The van der Waals surface area contributed by atoms with Gasteiger partial charge in [-0.05, 0) is 107 Å². The molecule has 0 N–H and O–H groups in total. The second-order valence-electron chi connectivity index (χ2n) is 14.8. The first kappa shape index (κ1) is 33.0. The van der Waals surface area contributed by atoms with Gasteiger partial charge in [0.05, 0.1) is 16.7 Å². The van der Waals surface area contributed by atoms with Gasteiger partial charge in [-0.2, -0.15) is 0 Å². The molecule has 3 nitrogen and oxygen atoms in total. The zero-order valence-corrected chi connectivity index (χ0v) is 31.3. The van der Waals surface area contributed by atoms with Gasteiger partial charge in [-0.1, -0.05) is 146 Å². The van der Waals surface area contributed by atoms with E-state index in [0.717, 1.165) is 40.9 Å². The van der Waals surface area contributed by atoms with E-state index in [2.05, 4.69) is 216 Å². The minimum atomic E-state index is 0.919. The van der Waals surface area contributed by atoms with E-state index >= 15 is 0 Å². The quantitative estimate of drug-likeness (QED) is 0.163. The molecule has 10 aromatic rings. The molecule has 0 amide bonds. The topological polar surface area (TPSA) is 21.3 Å². The molecule has 8 aromatic carbocycles. The summed E-state index contributed by atoms with van der Waals surface area (Å²) in [5.74, 6) is 0. The van der Waals surface area contributed by atoms with E-state index in [1.807, 2.05) is 0 Å². The Morgan fingerprint density at radius 1 is 0.404 bits per heavy atom. The van der Waals surface area contributed by atoms with Gasteiger partial charge >= 0.3 is 0 Å². The Morgan fingerprint density at radius 2 is 0.947 bits per heavy atom. The first-order valence-corrected chi connectivity index (χ1v) is 19.7. The maximum Gasteiger partial charge on any atom is 0.154 e. The molecule has 2 aromatic heterocycles. The van der Waals surface area contributed by atoms with Gasteiger partial charge in [0.15, 0.2) is 5.42 Å². The molecule has 0 bridgehead atoms. The molecule has 0 spiro atoms. The van der Waals surface area contributed by atoms with Crippen molar-refractivity contribution in [1.29, 1.82) is 0 Å². The van der Waals surface area contributed by atoms with E-state index < -0.39 is 0 Å². The molecule has 1 aliphatic carbocycles. The van der Waals surface area contributed by atoms with Gasteiger partial charge in [-0.25, -0.2) is 0 Å². The van der Waals surface area contributed by atoms with Gasteiger partial charge in [0.25, 0.3) is 0 Å². The second-order valence-corrected chi connectivity index (χ2v) is 14.8. The minimum Gasteiger partial charge on any atom is -0.454 e. The summed E-state index contributed by atoms with van der Waals surface area (Å²) >= 11 is 0. The molecule has 0 saturated heterocycles. The average molecular weight is 731 g/mol. The van der Waals surface area contributed by atoms with Crippen LogP contribution in [0.5, 0.6) is 0 Å². The van der Waals surface area contributed by atoms with Crippen molar-refractivity contribution in [3.63, 3.8) is 0 Å². The summed E-state index contributed by atoms with van der Waals surface area (Å²) in [5.41, 5.74) is 16.0. The van der Waals surface area contributed by atoms with Crippen LogP contribution in [0.1, 0.15) is 12.8 Å². The number of aromatic nitrogens is 1. The number of anilines is 3. The van der Waals surface area contributed by atoms with Crippen molar-refractivity contribution in [3.8, 4) is 33.4 Å². The van der Waals surface area contributed by atoms with Gasteiger partial charge in [0.2, 0.25) is 0 Å². The van der Waals surface area contributed by atoms with E-state index in [-0.39, 0.29) is 0 Å². The maximum atomic E-state index is 6.58. The first-order valence-electron chi connectivity index (χ1n) is 19.7. The van der Waals surface area contributed by atoms with Crippen LogP contribution in [0.4, 0.5) is 17.1 Å². The van der Waals surface area contributed by atoms with Gasteiger partial charge in [-0.3, -0.25) is 0 Å². The van der Waals surface area contributed by atoms with Crippen LogP contribution in [-0.2, 0) is 0 Å². The Labute approximate surface area is 331 Å². The van der Waals surface area contributed by atoms with Crippen molar-refractivity contribution < 1.29 is 4.42 Å². The molecule has 0 saturated carbocycles. The molecule has 0 atom stereocenters. The molecule has 0 fully saturated rings. The smallest absolute Gasteiger partial charge is 0.154 e. The fraction of sp³-hybridized carbons (Fsp3) is 0.0370. The van der Waals surface area contributed by atoms with Crippen molar-refractivity contribution >= 4 is 61.6 Å². The number of hydrogen-bond donors (Lipinski definition) is 0. The zero-order valence-electron chi connectivity index (χ0n) is 31.3. The molecule has 270 valence electrons. The van der Waals surface area contributed by atoms with E-state index in [1.54, 1.807) is 0 Å². The van der Waals surface area contributed by atoms with Gasteiger partial charge in [-0.15, -0.1) is 0 Å². The largest absolute Gasteiger partial charge is 0.454 e. The third-order valence-electron chi connectivity index (χ3n) is 11.4. The van der Waals surface area contributed by atoms with E-state index in [4.69, 9.17) is 4.42 Å². The summed E-state index contributed by atoms with van der Waals surface area (Å²) in [6.07, 6.45) is 4.23. The highest BCUT2D eigenvalue weighted by molar-refractivity contribution is 6.11. The molecule has 0 radical (unpaired) electrons. The van der Waals surface area contributed by atoms with Crippen LogP contribution in [0.15, 0.2) is 205 Å². The number of rotatable bonds is 7. The van der Waals surface area contributed by atoms with Crippen LogP contribution in [0, 0.1) is 0 Å². The minimum absolute atomic E-state index is 0.919. The number of fused-ring (bicyclic) bond motifs is 6. The van der Waals surface area contributed by atoms with Crippen LogP contribution in [0.3, 0.4) is 0 Å².